The number of nitrogens with zero attached hydrogens (tertiary/aromatic N) is 1. The maximum absolute atomic E-state index is 12.4. The van der Waals surface area contributed by atoms with Crippen LogP contribution in [0.2, 0.25) is 5.02 Å². The van der Waals surface area contributed by atoms with Gasteiger partial charge in [-0.3, -0.25) is 4.79 Å². The van der Waals surface area contributed by atoms with Crippen molar-refractivity contribution in [2.75, 3.05) is 13.1 Å². The number of phenols is 1. The molecule has 18 heavy (non-hydrogen) atoms. The molecule has 0 unspecified atom stereocenters. The van der Waals surface area contributed by atoms with E-state index >= 15 is 0 Å². The number of halogens is 1. The SMILES string of the molecule is CCCN(CC1CC1)C(=O)c1cc(O)ccc1Cl. The maximum atomic E-state index is 12.4. The Morgan fingerprint density at radius 2 is 2.22 bits per heavy atom. The van der Waals surface area contributed by atoms with E-state index in [4.69, 9.17) is 11.6 Å². The standard InChI is InChI=1S/C14H18ClNO2/c1-2-7-16(9-10-3-4-10)14(18)12-8-11(17)5-6-13(12)15/h5-6,8,10,17H,2-4,7,9H2,1H3. The fraction of sp³-hybridized carbons (Fsp3) is 0.500. The monoisotopic (exact) mass is 267 g/mol. The Kier molecular flexibility index (Phi) is 4.12. The second kappa shape index (κ2) is 5.61. The molecule has 1 fully saturated rings. The van der Waals surface area contributed by atoms with Gasteiger partial charge in [-0.05, 0) is 43.4 Å². The third-order valence-corrected chi connectivity index (χ3v) is 3.47. The van der Waals surface area contributed by atoms with Gasteiger partial charge in [0.15, 0.2) is 0 Å². The third kappa shape index (κ3) is 3.16. The summed E-state index contributed by atoms with van der Waals surface area (Å²) in [6, 6.07) is 4.50. The van der Waals surface area contributed by atoms with Crippen molar-refractivity contribution >= 4 is 17.5 Å². The largest absolute Gasteiger partial charge is 0.508 e. The predicted molar refractivity (Wildman–Crippen MR) is 72.0 cm³/mol. The molecule has 1 aromatic carbocycles. The van der Waals surface area contributed by atoms with E-state index in [9.17, 15) is 9.90 Å². The van der Waals surface area contributed by atoms with E-state index in [-0.39, 0.29) is 11.7 Å². The van der Waals surface area contributed by atoms with E-state index in [2.05, 4.69) is 6.92 Å². The smallest absolute Gasteiger partial charge is 0.255 e. The van der Waals surface area contributed by atoms with Crippen LogP contribution in [-0.2, 0) is 0 Å². The molecule has 1 aliphatic carbocycles. The van der Waals surface area contributed by atoms with Crippen LogP contribution in [0.1, 0.15) is 36.5 Å². The highest BCUT2D eigenvalue weighted by Crippen LogP contribution is 2.31. The second-order valence-corrected chi connectivity index (χ2v) is 5.27. The first-order chi connectivity index (χ1) is 8.61. The summed E-state index contributed by atoms with van der Waals surface area (Å²) in [4.78, 5) is 14.2. The zero-order valence-electron chi connectivity index (χ0n) is 10.5. The quantitative estimate of drug-likeness (QED) is 0.889. The Bertz CT molecular complexity index is 443. The molecule has 0 atom stereocenters. The fourth-order valence-corrected chi connectivity index (χ4v) is 2.20. The Morgan fingerprint density at radius 3 is 2.83 bits per heavy atom. The molecule has 1 N–H and O–H groups in total. The van der Waals surface area contributed by atoms with Crippen LogP contribution in [0, 0.1) is 5.92 Å². The van der Waals surface area contributed by atoms with Crippen LogP contribution in [0.4, 0.5) is 0 Å². The molecule has 0 saturated heterocycles. The van der Waals surface area contributed by atoms with Crippen molar-refractivity contribution in [3.63, 3.8) is 0 Å². The molecule has 4 heteroatoms. The van der Waals surface area contributed by atoms with Crippen LogP contribution >= 0.6 is 11.6 Å². The molecule has 0 spiro atoms. The summed E-state index contributed by atoms with van der Waals surface area (Å²) in [5.41, 5.74) is 0.394. The summed E-state index contributed by atoms with van der Waals surface area (Å²) in [5, 5.41) is 9.86. The lowest BCUT2D eigenvalue weighted by Gasteiger charge is -2.22. The minimum absolute atomic E-state index is 0.0746. The Balaban J connectivity index is 2.17. The summed E-state index contributed by atoms with van der Waals surface area (Å²) in [6.07, 6.45) is 3.34. The number of benzene rings is 1. The highest BCUT2D eigenvalue weighted by Gasteiger charge is 2.27. The molecule has 1 aromatic rings. The molecule has 0 heterocycles. The lowest BCUT2D eigenvalue weighted by atomic mass is 10.1. The van der Waals surface area contributed by atoms with Gasteiger partial charge in [0.25, 0.3) is 5.91 Å². The topological polar surface area (TPSA) is 40.5 Å². The predicted octanol–water partition coefficient (Wildman–Crippen LogP) is 3.31. The minimum atomic E-state index is -0.0790. The number of rotatable bonds is 5. The summed E-state index contributed by atoms with van der Waals surface area (Å²) >= 11 is 6.03. The lowest BCUT2D eigenvalue weighted by molar-refractivity contribution is 0.0747. The van der Waals surface area contributed by atoms with E-state index in [1.165, 1.54) is 25.0 Å². The molecule has 1 amide bonds. The average Bonchev–Trinajstić information content (AvgIpc) is 3.15. The van der Waals surface area contributed by atoms with Crippen LogP contribution in [-0.4, -0.2) is 29.0 Å². The van der Waals surface area contributed by atoms with Crippen molar-refractivity contribution in [1.29, 1.82) is 0 Å². The van der Waals surface area contributed by atoms with Gasteiger partial charge in [-0.25, -0.2) is 0 Å². The van der Waals surface area contributed by atoms with Crippen molar-refractivity contribution < 1.29 is 9.90 Å². The summed E-state index contributed by atoms with van der Waals surface area (Å²) in [7, 11) is 0. The highest BCUT2D eigenvalue weighted by molar-refractivity contribution is 6.33. The molecule has 0 aromatic heterocycles. The lowest BCUT2D eigenvalue weighted by Crippen LogP contribution is -2.33. The van der Waals surface area contributed by atoms with Crippen LogP contribution in [0.5, 0.6) is 5.75 Å². The third-order valence-electron chi connectivity index (χ3n) is 3.14. The summed E-state index contributed by atoms with van der Waals surface area (Å²) in [5.74, 6) is 0.645. The molecular weight excluding hydrogens is 250 g/mol. The summed E-state index contributed by atoms with van der Waals surface area (Å²) < 4.78 is 0. The van der Waals surface area contributed by atoms with Crippen LogP contribution in [0.3, 0.4) is 0 Å². The number of carbonyl (C=O) groups excluding carboxylic acids is 1. The van der Waals surface area contributed by atoms with Gasteiger partial charge in [-0.15, -0.1) is 0 Å². The first kappa shape index (κ1) is 13.2. The fourth-order valence-electron chi connectivity index (χ4n) is 2.01. The van der Waals surface area contributed by atoms with Gasteiger partial charge < -0.3 is 10.0 Å². The van der Waals surface area contributed by atoms with Crippen LogP contribution in [0.15, 0.2) is 18.2 Å². The number of carbonyl (C=O) groups is 1. The number of aromatic hydroxyl groups is 1. The highest BCUT2D eigenvalue weighted by atomic mass is 35.5. The molecular formula is C14H18ClNO2. The van der Waals surface area contributed by atoms with Gasteiger partial charge in [-0.2, -0.15) is 0 Å². The maximum Gasteiger partial charge on any atom is 0.255 e. The van der Waals surface area contributed by atoms with Crippen molar-refractivity contribution in [3.8, 4) is 5.75 Å². The Hall–Kier alpha value is -1.22. The van der Waals surface area contributed by atoms with E-state index in [0.717, 1.165) is 19.5 Å². The molecule has 0 radical (unpaired) electrons. The molecule has 0 bridgehead atoms. The van der Waals surface area contributed by atoms with Gasteiger partial charge >= 0.3 is 0 Å². The van der Waals surface area contributed by atoms with Crippen LogP contribution in [0.25, 0.3) is 0 Å². The average molecular weight is 268 g/mol. The van der Waals surface area contributed by atoms with Crippen molar-refractivity contribution in [2.24, 2.45) is 5.92 Å². The number of hydrogen-bond acceptors (Lipinski definition) is 2. The van der Waals surface area contributed by atoms with E-state index in [1.807, 2.05) is 4.90 Å². The number of amides is 1. The number of hydrogen-bond donors (Lipinski definition) is 1. The van der Waals surface area contributed by atoms with E-state index in [1.54, 1.807) is 6.07 Å². The zero-order valence-corrected chi connectivity index (χ0v) is 11.3. The van der Waals surface area contributed by atoms with Crippen molar-refractivity contribution in [3.05, 3.63) is 28.8 Å². The Labute approximate surface area is 112 Å². The van der Waals surface area contributed by atoms with Gasteiger partial charge in [0.05, 0.1) is 10.6 Å². The molecule has 0 aliphatic heterocycles. The van der Waals surface area contributed by atoms with Gasteiger partial charge in [0.2, 0.25) is 0 Å². The molecule has 98 valence electrons. The van der Waals surface area contributed by atoms with Crippen molar-refractivity contribution in [1.82, 2.24) is 4.90 Å². The molecule has 1 saturated carbocycles. The Morgan fingerprint density at radius 1 is 1.50 bits per heavy atom. The summed E-state index contributed by atoms with van der Waals surface area (Å²) in [6.45, 7) is 3.59. The van der Waals surface area contributed by atoms with Crippen molar-refractivity contribution in [2.45, 2.75) is 26.2 Å². The van der Waals surface area contributed by atoms with Crippen LogP contribution < -0.4 is 0 Å². The normalized spacial score (nSPS) is 14.6. The number of phenolic OH excluding ortho intramolecular Hbond substituents is 1. The second-order valence-electron chi connectivity index (χ2n) is 4.86. The molecule has 1 aliphatic rings. The van der Waals surface area contributed by atoms with Gasteiger partial charge in [0, 0.05) is 13.1 Å². The first-order valence-electron chi connectivity index (χ1n) is 6.39. The molecule has 3 nitrogen and oxygen atoms in total. The minimum Gasteiger partial charge on any atom is -0.508 e. The van der Waals surface area contributed by atoms with E-state index in [0.29, 0.717) is 16.5 Å². The van der Waals surface area contributed by atoms with Gasteiger partial charge in [0.1, 0.15) is 5.75 Å². The van der Waals surface area contributed by atoms with E-state index < -0.39 is 0 Å². The first-order valence-corrected chi connectivity index (χ1v) is 6.77. The van der Waals surface area contributed by atoms with Gasteiger partial charge in [-0.1, -0.05) is 18.5 Å². The zero-order chi connectivity index (χ0) is 13.1. The molecule has 2 rings (SSSR count).